The normalized spacial score (nSPS) is 9.93. The molecule has 0 aliphatic carbocycles. The van der Waals surface area contributed by atoms with Gasteiger partial charge in [0.2, 0.25) is 11.7 Å². The molecule has 70 valence electrons. The maximum atomic E-state index is 8.37. The standard InChI is InChI=1S/C8H6N4OS/c9-3-1-2-7-11-8(12-13-7)6-4-14-5-10-6/h4-5H,1-2H2. The summed E-state index contributed by atoms with van der Waals surface area (Å²) < 4.78 is 4.94. The molecule has 2 heterocycles. The van der Waals surface area contributed by atoms with Crippen molar-refractivity contribution < 1.29 is 4.52 Å². The van der Waals surface area contributed by atoms with Crippen molar-refractivity contribution in [3.8, 4) is 17.6 Å². The highest BCUT2D eigenvalue weighted by Gasteiger charge is 2.09. The molecule has 5 nitrogen and oxygen atoms in total. The Balaban J connectivity index is 2.15. The molecule has 0 spiro atoms. The van der Waals surface area contributed by atoms with E-state index < -0.39 is 0 Å². The first-order valence-corrected chi connectivity index (χ1v) is 4.92. The first-order chi connectivity index (χ1) is 6.90. The van der Waals surface area contributed by atoms with E-state index in [9.17, 15) is 0 Å². The fourth-order valence-corrected chi connectivity index (χ4v) is 1.48. The lowest BCUT2D eigenvalue weighted by Gasteiger charge is -1.82. The Bertz CT molecular complexity index is 442. The van der Waals surface area contributed by atoms with E-state index in [1.807, 2.05) is 11.4 Å². The Morgan fingerprint density at radius 3 is 3.21 bits per heavy atom. The molecule has 2 aromatic rings. The highest BCUT2D eigenvalue weighted by Crippen LogP contribution is 2.15. The van der Waals surface area contributed by atoms with Gasteiger partial charge in [0, 0.05) is 18.2 Å². The van der Waals surface area contributed by atoms with Gasteiger partial charge in [-0.2, -0.15) is 10.2 Å². The van der Waals surface area contributed by atoms with Crippen molar-refractivity contribution in [2.75, 3.05) is 0 Å². The molecule has 0 N–H and O–H groups in total. The third-order valence-corrected chi connectivity index (χ3v) is 2.17. The third kappa shape index (κ3) is 1.78. The number of nitrogens with zero attached hydrogens (tertiary/aromatic N) is 4. The van der Waals surface area contributed by atoms with Crippen molar-refractivity contribution >= 4 is 11.3 Å². The summed E-state index contributed by atoms with van der Waals surface area (Å²) in [5.74, 6) is 0.966. The second-order valence-electron chi connectivity index (χ2n) is 2.54. The fourth-order valence-electron chi connectivity index (χ4n) is 0.946. The molecule has 0 saturated heterocycles. The highest BCUT2D eigenvalue weighted by atomic mass is 32.1. The van der Waals surface area contributed by atoms with E-state index in [4.69, 9.17) is 9.78 Å². The van der Waals surface area contributed by atoms with E-state index in [0.717, 1.165) is 0 Å². The minimum Gasteiger partial charge on any atom is -0.339 e. The summed E-state index contributed by atoms with van der Waals surface area (Å²) in [6, 6.07) is 2.02. The van der Waals surface area contributed by atoms with Crippen LogP contribution in [0.1, 0.15) is 12.3 Å². The molecule has 2 aromatic heterocycles. The Kier molecular flexibility index (Phi) is 2.51. The summed E-state index contributed by atoms with van der Waals surface area (Å²) in [5.41, 5.74) is 2.42. The van der Waals surface area contributed by atoms with Gasteiger partial charge in [-0.3, -0.25) is 0 Å². The van der Waals surface area contributed by atoms with Crippen LogP contribution in [0.15, 0.2) is 15.4 Å². The van der Waals surface area contributed by atoms with E-state index in [-0.39, 0.29) is 0 Å². The predicted molar refractivity (Wildman–Crippen MR) is 49.3 cm³/mol. The van der Waals surface area contributed by atoms with Gasteiger partial charge in [-0.05, 0) is 0 Å². The topological polar surface area (TPSA) is 75.6 Å². The minimum atomic E-state index is 0.388. The third-order valence-electron chi connectivity index (χ3n) is 1.58. The lowest BCUT2D eigenvalue weighted by atomic mass is 10.3. The summed E-state index contributed by atoms with van der Waals surface area (Å²) in [5, 5.41) is 14.0. The van der Waals surface area contributed by atoms with Crippen LogP contribution in [-0.4, -0.2) is 15.1 Å². The van der Waals surface area contributed by atoms with E-state index in [0.29, 0.717) is 30.3 Å². The van der Waals surface area contributed by atoms with Gasteiger partial charge in [-0.15, -0.1) is 11.3 Å². The fraction of sp³-hybridized carbons (Fsp3) is 0.250. The summed E-state index contributed by atoms with van der Waals surface area (Å²) in [4.78, 5) is 8.15. The first-order valence-electron chi connectivity index (χ1n) is 3.98. The van der Waals surface area contributed by atoms with Crippen LogP contribution in [0.2, 0.25) is 0 Å². The molecular formula is C8H6N4OS. The zero-order valence-electron chi connectivity index (χ0n) is 7.17. The Morgan fingerprint density at radius 1 is 1.57 bits per heavy atom. The van der Waals surface area contributed by atoms with Gasteiger partial charge < -0.3 is 4.52 Å². The van der Waals surface area contributed by atoms with Crippen LogP contribution < -0.4 is 0 Å². The van der Waals surface area contributed by atoms with Crippen LogP contribution in [0, 0.1) is 11.3 Å². The van der Waals surface area contributed by atoms with Crippen LogP contribution >= 0.6 is 11.3 Å². The number of thiazole rings is 1. The van der Waals surface area contributed by atoms with Gasteiger partial charge in [0.05, 0.1) is 11.6 Å². The number of aromatic nitrogens is 3. The second-order valence-corrected chi connectivity index (χ2v) is 3.26. The van der Waals surface area contributed by atoms with Gasteiger partial charge in [0.15, 0.2) is 0 Å². The number of rotatable bonds is 3. The van der Waals surface area contributed by atoms with E-state index in [1.165, 1.54) is 11.3 Å². The number of aryl methyl sites for hydroxylation is 1. The van der Waals surface area contributed by atoms with Crippen LogP contribution in [0.3, 0.4) is 0 Å². The van der Waals surface area contributed by atoms with Gasteiger partial charge >= 0.3 is 0 Å². The zero-order chi connectivity index (χ0) is 9.80. The summed E-state index contributed by atoms with van der Waals surface area (Å²) in [6.07, 6.45) is 0.881. The second kappa shape index (κ2) is 3.98. The molecule has 0 aliphatic rings. The van der Waals surface area contributed by atoms with Crippen LogP contribution in [0.25, 0.3) is 11.5 Å². The first kappa shape index (κ1) is 8.84. The molecule has 0 saturated carbocycles. The maximum Gasteiger partial charge on any atom is 0.228 e. The Morgan fingerprint density at radius 2 is 2.50 bits per heavy atom. The smallest absolute Gasteiger partial charge is 0.228 e. The van der Waals surface area contributed by atoms with Gasteiger partial charge in [-0.1, -0.05) is 5.16 Å². The molecule has 0 unspecified atom stereocenters. The van der Waals surface area contributed by atoms with Crippen LogP contribution in [0.5, 0.6) is 0 Å². The molecule has 14 heavy (non-hydrogen) atoms. The molecule has 0 radical (unpaired) electrons. The summed E-state index contributed by atoms with van der Waals surface area (Å²) in [6.45, 7) is 0. The molecule has 2 rings (SSSR count). The monoisotopic (exact) mass is 206 g/mol. The van der Waals surface area contributed by atoms with Gasteiger partial charge in [0.25, 0.3) is 0 Å². The van der Waals surface area contributed by atoms with Gasteiger partial charge in [-0.25, -0.2) is 4.98 Å². The predicted octanol–water partition coefficient (Wildman–Crippen LogP) is 1.65. The maximum absolute atomic E-state index is 8.37. The van der Waals surface area contributed by atoms with E-state index in [1.54, 1.807) is 5.51 Å². The zero-order valence-corrected chi connectivity index (χ0v) is 7.99. The van der Waals surface area contributed by atoms with E-state index >= 15 is 0 Å². The van der Waals surface area contributed by atoms with Crippen LogP contribution in [-0.2, 0) is 6.42 Å². The van der Waals surface area contributed by atoms with Crippen molar-refractivity contribution in [2.24, 2.45) is 0 Å². The summed E-state index contributed by atoms with van der Waals surface area (Å²) in [7, 11) is 0. The average Bonchev–Trinajstić information content (AvgIpc) is 2.85. The molecule has 0 atom stereocenters. The number of hydrogen-bond donors (Lipinski definition) is 0. The lowest BCUT2D eigenvalue weighted by molar-refractivity contribution is 0.380. The van der Waals surface area contributed by atoms with Gasteiger partial charge in [0.1, 0.15) is 5.69 Å². The van der Waals surface area contributed by atoms with Crippen molar-refractivity contribution in [2.45, 2.75) is 12.8 Å². The molecule has 0 amide bonds. The van der Waals surface area contributed by atoms with Crippen molar-refractivity contribution in [1.82, 2.24) is 15.1 Å². The Hall–Kier alpha value is -1.74. The molecule has 6 heteroatoms. The largest absolute Gasteiger partial charge is 0.339 e. The molecule has 0 fully saturated rings. The molecule has 0 bridgehead atoms. The quantitative estimate of drug-likeness (QED) is 0.763. The van der Waals surface area contributed by atoms with Crippen molar-refractivity contribution in [1.29, 1.82) is 5.26 Å². The SMILES string of the molecule is N#CCCc1nc(-c2cscn2)no1. The van der Waals surface area contributed by atoms with Crippen molar-refractivity contribution in [3.63, 3.8) is 0 Å². The Labute approximate surface area is 84.0 Å². The number of nitriles is 1. The average molecular weight is 206 g/mol. The van der Waals surface area contributed by atoms with Crippen molar-refractivity contribution in [3.05, 3.63) is 16.8 Å². The van der Waals surface area contributed by atoms with Crippen LogP contribution in [0.4, 0.5) is 0 Å². The minimum absolute atomic E-state index is 0.388. The molecule has 0 aliphatic heterocycles. The highest BCUT2D eigenvalue weighted by molar-refractivity contribution is 7.07. The number of hydrogen-bond acceptors (Lipinski definition) is 6. The lowest BCUT2D eigenvalue weighted by Crippen LogP contribution is -1.84. The molecular weight excluding hydrogens is 200 g/mol. The summed E-state index contributed by atoms with van der Waals surface area (Å²) >= 11 is 1.48. The van der Waals surface area contributed by atoms with E-state index in [2.05, 4.69) is 15.1 Å². The molecule has 0 aromatic carbocycles.